The summed E-state index contributed by atoms with van der Waals surface area (Å²) in [4.78, 5) is 50.5. The molecule has 0 saturated heterocycles. The molecule has 2 N–H and O–H groups in total. The smallest absolute Gasteiger partial charge is 0.344 e. The maximum absolute atomic E-state index is 13.0. The maximum Gasteiger partial charge on any atom is 0.344 e. The molecule has 10 heteroatoms. The number of esters is 1. The number of fused-ring (bicyclic) bond motifs is 1. The number of nitrogens with one attached hydrogen (secondary N) is 1. The predicted octanol–water partition coefficient (Wildman–Crippen LogP) is 2.70. The molecule has 2 aromatic rings. The molecule has 3 rings (SSSR count). The van der Waals surface area contributed by atoms with Crippen LogP contribution in [-0.4, -0.2) is 53.3 Å². The van der Waals surface area contributed by atoms with E-state index in [1.807, 2.05) is 6.92 Å². The summed E-state index contributed by atoms with van der Waals surface area (Å²) in [6.07, 6.45) is 1.10. The Morgan fingerprint density at radius 3 is 2.62 bits per heavy atom. The van der Waals surface area contributed by atoms with Gasteiger partial charge < -0.3 is 19.5 Å². The van der Waals surface area contributed by atoms with Crippen LogP contribution in [0.15, 0.2) is 30.3 Å². The average molecular weight is 487 g/mol. The van der Waals surface area contributed by atoms with Gasteiger partial charge in [0.05, 0.1) is 18.7 Å². The van der Waals surface area contributed by atoms with Crippen molar-refractivity contribution in [2.24, 2.45) is 0 Å². The van der Waals surface area contributed by atoms with E-state index in [0.717, 1.165) is 0 Å². The second-order valence-corrected chi connectivity index (χ2v) is 7.90. The van der Waals surface area contributed by atoms with Gasteiger partial charge in [-0.1, -0.05) is 26.2 Å². The molecule has 1 aliphatic heterocycles. The topological polar surface area (TPSA) is 122 Å². The quantitative estimate of drug-likeness (QED) is 0.268. The second kappa shape index (κ2) is 11.1. The first kappa shape index (κ1) is 25.1. The number of carbonyl (C=O) groups excluding carboxylic acids is 4. The van der Waals surface area contributed by atoms with E-state index in [2.05, 4.69) is 17.5 Å². The number of amides is 2. The lowest BCUT2D eigenvalue weighted by atomic mass is 10.0. The Morgan fingerprint density at radius 2 is 1.94 bits per heavy atom. The molecule has 0 radical (unpaired) electrons. The Morgan fingerprint density at radius 1 is 1.18 bits per heavy atom. The van der Waals surface area contributed by atoms with Crippen LogP contribution in [0.25, 0.3) is 0 Å². The number of benzene rings is 2. The highest BCUT2D eigenvalue weighted by atomic mass is 32.1. The first-order chi connectivity index (χ1) is 16.3. The van der Waals surface area contributed by atoms with E-state index in [1.54, 1.807) is 19.1 Å². The number of aromatic hydroxyl groups is 1. The molecule has 9 nitrogen and oxygen atoms in total. The molecule has 2 aromatic carbocycles. The summed E-state index contributed by atoms with van der Waals surface area (Å²) >= 11 is 3.75. The van der Waals surface area contributed by atoms with Crippen molar-refractivity contribution in [3.8, 4) is 11.5 Å². The standard InChI is InChI=1S/C24H26N2O7S/c1-3-5-18-20(33-13-21(28)32-4-2)9-8-17(22(18)29)19(27)12-26-11-15-10-14(23(30)25-34)6-7-16(15)24(26)31/h6-10,29,34H,3-5,11-13H2,1-2H3,(H,25,30). The van der Waals surface area contributed by atoms with Gasteiger partial charge in [-0.3, -0.25) is 19.1 Å². The number of thiol groups is 1. The van der Waals surface area contributed by atoms with Gasteiger partial charge in [0.25, 0.3) is 11.8 Å². The third kappa shape index (κ3) is 5.33. The van der Waals surface area contributed by atoms with Gasteiger partial charge >= 0.3 is 5.97 Å². The molecule has 34 heavy (non-hydrogen) atoms. The number of carbonyl (C=O) groups is 4. The third-order valence-corrected chi connectivity index (χ3v) is 5.58. The highest BCUT2D eigenvalue weighted by Crippen LogP contribution is 2.34. The molecule has 180 valence electrons. The van der Waals surface area contributed by atoms with Crippen molar-refractivity contribution in [2.75, 3.05) is 19.8 Å². The summed E-state index contributed by atoms with van der Waals surface area (Å²) in [5.74, 6) is -1.64. The van der Waals surface area contributed by atoms with Gasteiger partial charge in [0, 0.05) is 23.2 Å². The van der Waals surface area contributed by atoms with Gasteiger partial charge in [0.2, 0.25) is 0 Å². The SMILES string of the molecule is CCCc1c(OCC(=O)OCC)ccc(C(=O)CN2Cc3cc(C(=O)NS)ccc3C2=O)c1O. The van der Waals surface area contributed by atoms with E-state index in [-0.39, 0.29) is 43.5 Å². The normalized spacial score (nSPS) is 12.3. The summed E-state index contributed by atoms with van der Waals surface area (Å²) in [6.45, 7) is 3.43. The number of hydrogen-bond donors (Lipinski definition) is 3. The predicted molar refractivity (Wildman–Crippen MR) is 126 cm³/mol. The number of Topliss-reactive ketones (excluding diaryl/α,β-unsaturated/α-hetero) is 1. The van der Waals surface area contributed by atoms with Crippen LogP contribution in [0.4, 0.5) is 0 Å². The zero-order chi connectivity index (χ0) is 24.8. The lowest BCUT2D eigenvalue weighted by Gasteiger charge is -2.17. The van der Waals surface area contributed by atoms with Crippen molar-refractivity contribution in [2.45, 2.75) is 33.2 Å². The monoisotopic (exact) mass is 486 g/mol. The van der Waals surface area contributed by atoms with E-state index < -0.39 is 17.7 Å². The van der Waals surface area contributed by atoms with Crippen LogP contribution in [-0.2, 0) is 22.5 Å². The van der Waals surface area contributed by atoms with E-state index in [4.69, 9.17) is 9.47 Å². The summed E-state index contributed by atoms with van der Waals surface area (Å²) in [6, 6.07) is 7.61. The van der Waals surface area contributed by atoms with Crippen LogP contribution in [0, 0.1) is 0 Å². The highest BCUT2D eigenvalue weighted by molar-refractivity contribution is 7.78. The Balaban J connectivity index is 1.77. The minimum absolute atomic E-state index is 0.0610. The van der Waals surface area contributed by atoms with Crippen LogP contribution in [0.2, 0.25) is 0 Å². The number of ketones is 1. The van der Waals surface area contributed by atoms with Crippen LogP contribution < -0.4 is 9.46 Å². The van der Waals surface area contributed by atoms with Crippen molar-refractivity contribution in [3.05, 3.63) is 58.1 Å². The van der Waals surface area contributed by atoms with Crippen molar-refractivity contribution in [1.82, 2.24) is 9.62 Å². The Kier molecular flexibility index (Phi) is 8.17. The fourth-order valence-corrected chi connectivity index (χ4v) is 3.91. The Labute approximate surface area is 202 Å². The fraction of sp³-hybridized carbons (Fsp3) is 0.333. The maximum atomic E-state index is 13.0. The van der Waals surface area contributed by atoms with Crippen molar-refractivity contribution in [3.63, 3.8) is 0 Å². The molecule has 0 saturated carbocycles. The van der Waals surface area contributed by atoms with Gasteiger partial charge in [-0.15, -0.1) is 0 Å². The van der Waals surface area contributed by atoms with E-state index >= 15 is 0 Å². The zero-order valence-electron chi connectivity index (χ0n) is 18.9. The largest absolute Gasteiger partial charge is 0.507 e. The number of nitrogens with zero attached hydrogens (tertiary/aromatic N) is 1. The first-order valence-electron chi connectivity index (χ1n) is 10.8. The number of hydrogen-bond acceptors (Lipinski definition) is 8. The van der Waals surface area contributed by atoms with Crippen LogP contribution >= 0.6 is 12.8 Å². The van der Waals surface area contributed by atoms with Gasteiger partial charge in [-0.05, 0) is 49.2 Å². The van der Waals surface area contributed by atoms with Gasteiger partial charge in [-0.25, -0.2) is 4.79 Å². The molecule has 0 atom stereocenters. The van der Waals surface area contributed by atoms with Crippen LogP contribution in [0.5, 0.6) is 11.5 Å². The zero-order valence-corrected chi connectivity index (χ0v) is 19.8. The molecule has 0 fully saturated rings. The molecule has 2 amide bonds. The van der Waals surface area contributed by atoms with Crippen molar-refractivity contribution >= 4 is 36.4 Å². The van der Waals surface area contributed by atoms with Gasteiger partial charge in [0.1, 0.15) is 11.5 Å². The number of ether oxygens (including phenoxy) is 2. The molecule has 0 spiro atoms. The highest BCUT2D eigenvalue weighted by Gasteiger charge is 2.30. The molecule has 0 unspecified atom stereocenters. The molecule has 0 aliphatic carbocycles. The number of rotatable bonds is 10. The molecule has 1 aliphatic rings. The number of phenolic OH excluding ortho intramolecular Hbond substituents is 1. The number of phenols is 1. The molecule has 0 aromatic heterocycles. The molecule has 1 heterocycles. The van der Waals surface area contributed by atoms with E-state index in [9.17, 15) is 24.3 Å². The Bertz CT molecular complexity index is 1130. The summed E-state index contributed by atoms with van der Waals surface area (Å²) < 4.78 is 12.6. The van der Waals surface area contributed by atoms with E-state index in [1.165, 1.54) is 23.1 Å². The van der Waals surface area contributed by atoms with E-state index in [0.29, 0.717) is 40.8 Å². The van der Waals surface area contributed by atoms with Crippen molar-refractivity contribution in [1.29, 1.82) is 0 Å². The Hall–Kier alpha value is -3.53. The third-order valence-electron chi connectivity index (χ3n) is 5.37. The van der Waals surface area contributed by atoms with Crippen LogP contribution in [0.3, 0.4) is 0 Å². The molecule has 0 bridgehead atoms. The fourth-order valence-electron chi connectivity index (χ4n) is 3.78. The molecular weight excluding hydrogens is 460 g/mol. The minimum atomic E-state index is -0.535. The second-order valence-electron chi connectivity index (χ2n) is 7.68. The summed E-state index contributed by atoms with van der Waals surface area (Å²) in [5, 5.41) is 10.8. The first-order valence-corrected chi connectivity index (χ1v) is 11.3. The lowest BCUT2D eigenvalue weighted by molar-refractivity contribution is -0.145. The lowest BCUT2D eigenvalue weighted by Crippen LogP contribution is -2.30. The minimum Gasteiger partial charge on any atom is -0.507 e. The van der Waals surface area contributed by atoms with Gasteiger partial charge in [-0.2, -0.15) is 0 Å². The summed E-state index contributed by atoms with van der Waals surface area (Å²) in [7, 11) is 0. The van der Waals surface area contributed by atoms with Crippen LogP contribution in [0.1, 0.15) is 62.5 Å². The van der Waals surface area contributed by atoms with Gasteiger partial charge in [0.15, 0.2) is 12.4 Å². The average Bonchev–Trinajstić information content (AvgIpc) is 3.13. The summed E-state index contributed by atoms with van der Waals surface area (Å²) in [5.41, 5.74) is 1.88. The molecular formula is C24H26N2O7S. The van der Waals surface area contributed by atoms with Crippen molar-refractivity contribution < 1.29 is 33.8 Å².